The average molecular weight is 317 g/mol. The Hall–Kier alpha value is -2.73. The number of hydrogen-bond donors (Lipinski definition) is 0. The molecule has 0 N–H and O–H groups in total. The lowest BCUT2D eigenvalue weighted by molar-refractivity contribution is -0.384. The zero-order valence-corrected chi connectivity index (χ0v) is 12.1. The van der Waals surface area contributed by atoms with Gasteiger partial charge in [0.15, 0.2) is 0 Å². The fourth-order valence-electron chi connectivity index (χ4n) is 2.36. The van der Waals surface area contributed by atoms with E-state index in [1.165, 1.54) is 12.1 Å². The summed E-state index contributed by atoms with van der Waals surface area (Å²) in [5.74, 6) is -1.15. The topological polar surface area (TPSA) is 80.5 Å². The molecule has 0 atom stereocenters. The Morgan fingerprint density at radius 2 is 1.73 bits per heavy atom. The molecular formula is C15H9ClN2O4. The first-order valence-electron chi connectivity index (χ1n) is 6.33. The van der Waals surface area contributed by atoms with Gasteiger partial charge in [0, 0.05) is 12.1 Å². The monoisotopic (exact) mass is 316 g/mol. The van der Waals surface area contributed by atoms with Gasteiger partial charge in [-0.1, -0.05) is 17.7 Å². The van der Waals surface area contributed by atoms with Crippen LogP contribution < -0.4 is 4.90 Å². The van der Waals surface area contributed by atoms with Gasteiger partial charge < -0.3 is 0 Å². The molecule has 2 amide bonds. The molecule has 1 aliphatic heterocycles. The van der Waals surface area contributed by atoms with Gasteiger partial charge in [-0.3, -0.25) is 19.7 Å². The minimum atomic E-state index is -0.615. The van der Waals surface area contributed by atoms with E-state index in [4.69, 9.17) is 11.6 Å². The maximum Gasteiger partial charge on any atom is 0.270 e. The van der Waals surface area contributed by atoms with Crippen LogP contribution in [0, 0.1) is 17.0 Å². The fraction of sp³-hybridized carbons (Fsp3) is 0.0667. The van der Waals surface area contributed by atoms with Crippen molar-refractivity contribution >= 4 is 34.8 Å². The van der Waals surface area contributed by atoms with Crippen molar-refractivity contribution in [1.82, 2.24) is 0 Å². The first-order chi connectivity index (χ1) is 10.4. The quantitative estimate of drug-likeness (QED) is 0.483. The second kappa shape index (κ2) is 4.92. The van der Waals surface area contributed by atoms with E-state index in [9.17, 15) is 19.7 Å². The number of nitrogens with zero attached hydrogens (tertiary/aromatic N) is 2. The maximum absolute atomic E-state index is 12.5. The number of aryl methyl sites for hydroxylation is 1. The number of benzene rings is 2. The molecule has 3 rings (SSSR count). The number of halogens is 1. The summed E-state index contributed by atoms with van der Waals surface area (Å²) in [5, 5.41) is 11.1. The molecule has 0 aromatic heterocycles. The Morgan fingerprint density at radius 1 is 1.05 bits per heavy atom. The summed E-state index contributed by atoms with van der Waals surface area (Å²) < 4.78 is 0. The number of imide groups is 1. The summed E-state index contributed by atoms with van der Waals surface area (Å²) in [5.41, 5.74) is 1.01. The number of rotatable bonds is 2. The van der Waals surface area contributed by atoms with Crippen molar-refractivity contribution < 1.29 is 14.5 Å². The summed E-state index contributed by atoms with van der Waals surface area (Å²) in [7, 11) is 0. The normalized spacial score (nSPS) is 13.5. The number of nitro groups is 1. The van der Waals surface area contributed by atoms with E-state index in [-0.39, 0.29) is 27.5 Å². The number of fused-ring (bicyclic) bond motifs is 1. The molecule has 6 nitrogen and oxygen atoms in total. The number of nitro benzene ring substituents is 1. The van der Waals surface area contributed by atoms with Gasteiger partial charge in [-0.2, -0.15) is 0 Å². The van der Waals surface area contributed by atoms with Crippen molar-refractivity contribution in [2.24, 2.45) is 0 Å². The van der Waals surface area contributed by atoms with Crippen LogP contribution in [0.25, 0.3) is 0 Å². The molecule has 1 aliphatic rings. The highest BCUT2D eigenvalue weighted by atomic mass is 35.5. The van der Waals surface area contributed by atoms with E-state index in [0.29, 0.717) is 0 Å². The summed E-state index contributed by atoms with van der Waals surface area (Å²) in [4.78, 5) is 36.0. The van der Waals surface area contributed by atoms with Gasteiger partial charge in [0.25, 0.3) is 17.5 Å². The molecule has 0 bridgehead atoms. The van der Waals surface area contributed by atoms with Gasteiger partial charge >= 0.3 is 0 Å². The molecule has 0 radical (unpaired) electrons. The Kier molecular flexibility index (Phi) is 3.18. The first-order valence-corrected chi connectivity index (χ1v) is 6.71. The third kappa shape index (κ3) is 2.05. The highest BCUT2D eigenvalue weighted by Crippen LogP contribution is 2.35. The number of carbonyl (C=O) groups excluding carboxylic acids is 2. The number of hydrogen-bond acceptors (Lipinski definition) is 4. The average Bonchev–Trinajstić information content (AvgIpc) is 2.73. The zero-order chi connectivity index (χ0) is 16.0. The molecule has 0 aliphatic carbocycles. The zero-order valence-electron chi connectivity index (χ0n) is 11.4. The Balaban J connectivity index is 2.14. The lowest BCUT2D eigenvalue weighted by Crippen LogP contribution is -2.29. The summed E-state index contributed by atoms with van der Waals surface area (Å²) in [6.07, 6.45) is 0. The maximum atomic E-state index is 12.5. The third-order valence-electron chi connectivity index (χ3n) is 3.42. The van der Waals surface area contributed by atoms with Crippen LogP contribution >= 0.6 is 11.6 Å². The van der Waals surface area contributed by atoms with E-state index in [2.05, 4.69) is 0 Å². The van der Waals surface area contributed by atoms with Crippen LogP contribution in [-0.4, -0.2) is 16.7 Å². The predicted octanol–water partition coefficient (Wildman–Crippen LogP) is 3.36. The van der Waals surface area contributed by atoms with Gasteiger partial charge in [0.2, 0.25) is 0 Å². The number of non-ortho nitro benzene ring substituents is 1. The molecule has 0 unspecified atom stereocenters. The minimum Gasteiger partial charge on any atom is -0.268 e. The summed E-state index contributed by atoms with van der Waals surface area (Å²) in [6, 6.07) is 8.58. The lowest BCUT2D eigenvalue weighted by Gasteiger charge is -2.16. The van der Waals surface area contributed by atoms with Gasteiger partial charge in [-0.15, -0.1) is 0 Å². The lowest BCUT2D eigenvalue weighted by atomic mass is 10.1. The van der Waals surface area contributed by atoms with E-state index in [0.717, 1.165) is 16.5 Å². The second-order valence-corrected chi connectivity index (χ2v) is 5.29. The van der Waals surface area contributed by atoms with E-state index in [1.54, 1.807) is 18.2 Å². The second-order valence-electron chi connectivity index (χ2n) is 4.89. The standard InChI is InChI=1S/C15H9ClN2O4/c1-8-2-5-12(16)13(6-8)17-14(19)10-4-3-9(18(21)22)7-11(10)15(17)20/h2-7H,1H3. The van der Waals surface area contributed by atoms with Crippen LogP contribution in [0.3, 0.4) is 0 Å². The van der Waals surface area contributed by atoms with Crippen molar-refractivity contribution in [3.63, 3.8) is 0 Å². The summed E-state index contributed by atoms with van der Waals surface area (Å²) in [6.45, 7) is 1.81. The Morgan fingerprint density at radius 3 is 2.41 bits per heavy atom. The third-order valence-corrected chi connectivity index (χ3v) is 3.74. The number of amides is 2. The van der Waals surface area contributed by atoms with Gasteiger partial charge in [0.1, 0.15) is 0 Å². The van der Waals surface area contributed by atoms with Crippen LogP contribution in [0.4, 0.5) is 11.4 Å². The smallest absolute Gasteiger partial charge is 0.268 e. The highest BCUT2D eigenvalue weighted by Gasteiger charge is 2.38. The predicted molar refractivity (Wildman–Crippen MR) is 80.4 cm³/mol. The number of anilines is 1. The van der Waals surface area contributed by atoms with Crippen LogP contribution in [0.1, 0.15) is 26.3 Å². The molecule has 0 fully saturated rings. The van der Waals surface area contributed by atoms with Gasteiger partial charge in [0.05, 0.1) is 26.8 Å². The molecule has 1 heterocycles. The fourth-order valence-corrected chi connectivity index (χ4v) is 2.56. The largest absolute Gasteiger partial charge is 0.270 e. The molecule has 0 saturated heterocycles. The van der Waals surface area contributed by atoms with Crippen LogP contribution in [0.15, 0.2) is 36.4 Å². The summed E-state index contributed by atoms with van der Waals surface area (Å²) >= 11 is 6.08. The SMILES string of the molecule is Cc1ccc(Cl)c(N2C(=O)c3ccc([N+](=O)[O-])cc3C2=O)c1. The molecule has 110 valence electrons. The van der Waals surface area contributed by atoms with Crippen molar-refractivity contribution in [3.8, 4) is 0 Å². The van der Waals surface area contributed by atoms with Crippen molar-refractivity contribution in [2.45, 2.75) is 6.92 Å². The Bertz CT molecular complexity index is 847. The molecule has 2 aromatic carbocycles. The highest BCUT2D eigenvalue weighted by molar-refractivity contribution is 6.39. The molecule has 0 spiro atoms. The van der Waals surface area contributed by atoms with Crippen molar-refractivity contribution in [1.29, 1.82) is 0 Å². The van der Waals surface area contributed by atoms with Crippen molar-refractivity contribution in [2.75, 3.05) is 4.90 Å². The van der Waals surface area contributed by atoms with E-state index in [1.807, 2.05) is 6.92 Å². The van der Waals surface area contributed by atoms with Gasteiger partial charge in [-0.05, 0) is 30.7 Å². The molecule has 22 heavy (non-hydrogen) atoms. The molecular weight excluding hydrogens is 308 g/mol. The molecule has 7 heteroatoms. The first kappa shape index (κ1) is 14.2. The molecule has 2 aromatic rings. The van der Waals surface area contributed by atoms with E-state index < -0.39 is 16.7 Å². The Labute approximate surface area is 130 Å². The number of carbonyl (C=O) groups is 2. The van der Waals surface area contributed by atoms with Crippen LogP contribution in [0.5, 0.6) is 0 Å². The molecule has 0 saturated carbocycles. The van der Waals surface area contributed by atoms with Crippen LogP contribution in [0.2, 0.25) is 5.02 Å². The van der Waals surface area contributed by atoms with Crippen molar-refractivity contribution in [3.05, 3.63) is 68.2 Å². The van der Waals surface area contributed by atoms with E-state index >= 15 is 0 Å². The minimum absolute atomic E-state index is 0.0109. The van der Waals surface area contributed by atoms with Crippen LogP contribution in [-0.2, 0) is 0 Å². The van der Waals surface area contributed by atoms with Gasteiger partial charge in [-0.25, -0.2) is 4.90 Å².